The monoisotopic (exact) mass is 370 g/mol. The molecule has 1 unspecified atom stereocenters. The number of fused-ring (bicyclic) bond motifs is 1. The lowest BCUT2D eigenvalue weighted by atomic mass is 9.77. The minimum absolute atomic E-state index is 0.327. The molecule has 1 heterocycles. The van der Waals surface area contributed by atoms with Gasteiger partial charge in [0.2, 0.25) is 0 Å². The van der Waals surface area contributed by atoms with Crippen LogP contribution in [0.25, 0.3) is 0 Å². The summed E-state index contributed by atoms with van der Waals surface area (Å²) < 4.78 is 52.9. The van der Waals surface area contributed by atoms with Crippen LogP contribution in [0.5, 0.6) is 0 Å². The summed E-state index contributed by atoms with van der Waals surface area (Å²) in [4.78, 5) is 5.31. The van der Waals surface area contributed by atoms with E-state index in [1.54, 1.807) is 25.1 Å². The summed E-state index contributed by atoms with van der Waals surface area (Å²) in [7, 11) is 0. The van der Waals surface area contributed by atoms with E-state index in [0.29, 0.717) is 28.3 Å². The predicted molar refractivity (Wildman–Crippen MR) is 89.8 cm³/mol. The molecule has 0 aromatic heterocycles. The Morgan fingerprint density at radius 3 is 2.40 bits per heavy atom. The van der Waals surface area contributed by atoms with Gasteiger partial charge in [0.1, 0.15) is 12.4 Å². The molecule has 3 rings (SSSR count). The third-order valence-electron chi connectivity index (χ3n) is 4.41. The topological polar surface area (TPSA) is 15.6 Å². The Labute approximate surface area is 147 Å². The molecule has 7 heteroatoms. The zero-order valence-corrected chi connectivity index (χ0v) is 14.1. The molecule has 2 aromatic rings. The molecule has 0 aliphatic carbocycles. The lowest BCUT2D eigenvalue weighted by Gasteiger charge is -2.46. The summed E-state index contributed by atoms with van der Waals surface area (Å²) >= 11 is 6.10. The molecule has 0 N–H and O–H groups in total. The van der Waals surface area contributed by atoms with Gasteiger partial charge in [-0.25, -0.2) is 9.38 Å². The Morgan fingerprint density at radius 1 is 1.12 bits per heavy atom. The molecule has 0 bridgehead atoms. The number of benzene rings is 2. The van der Waals surface area contributed by atoms with Crippen molar-refractivity contribution in [2.45, 2.75) is 25.1 Å². The van der Waals surface area contributed by atoms with Gasteiger partial charge in [-0.3, -0.25) is 0 Å². The molecule has 0 radical (unpaired) electrons. The summed E-state index contributed by atoms with van der Waals surface area (Å²) in [6, 6.07) is 10.4. The lowest BCUT2D eigenvalue weighted by molar-refractivity contribution is -0.145. The summed E-state index contributed by atoms with van der Waals surface area (Å²) in [5.41, 5.74) is 0.538. The van der Waals surface area contributed by atoms with Gasteiger partial charge in [-0.1, -0.05) is 30.7 Å². The van der Waals surface area contributed by atoms with Gasteiger partial charge in [-0.15, -0.1) is 0 Å². The minimum atomic E-state index is -4.41. The third kappa shape index (κ3) is 3.23. The van der Waals surface area contributed by atoms with Gasteiger partial charge in [0.15, 0.2) is 0 Å². The molecule has 1 aliphatic heterocycles. The highest BCUT2D eigenvalue weighted by Crippen LogP contribution is 2.47. The first-order valence-corrected chi connectivity index (χ1v) is 8.08. The van der Waals surface area contributed by atoms with Crippen molar-refractivity contribution in [2.75, 3.05) is 6.54 Å². The summed E-state index contributed by atoms with van der Waals surface area (Å²) in [6.07, 6.45) is -2.88. The standard InChI is InChI=1S/C18H15ClF4N2/c1-2-17(12-3-6-14(20)7-4-12)15-9-13(19)5-8-16(15)24-11-25(17)10-18(21,22)23/h3-9,11H,2,10H2,1H3. The van der Waals surface area contributed by atoms with Crippen molar-refractivity contribution in [1.29, 1.82) is 0 Å². The van der Waals surface area contributed by atoms with E-state index in [0.717, 1.165) is 4.90 Å². The average molecular weight is 371 g/mol. The predicted octanol–water partition coefficient (Wildman–Crippen LogP) is 5.67. The van der Waals surface area contributed by atoms with E-state index in [4.69, 9.17) is 11.6 Å². The zero-order chi connectivity index (χ0) is 18.2. The second kappa shape index (κ2) is 6.33. The zero-order valence-electron chi connectivity index (χ0n) is 13.3. The first-order chi connectivity index (χ1) is 11.8. The van der Waals surface area contributed by atoms with Crippen LogP contribution < -0.4 is 0 Å². The maximum Gasteiger partial charge on any atom is 0.405 e. The van der Waals surface area contributed by atoms with Crippen LogP contribution in [0.2, 0.25) is 5.02 Å². The van der Waals surface area contributed by atoms with Crippen molar-refractivity contribution in [2.24, 2.45) is 4.99 Å². The van der Waals surface area contributed by atoms with E-state index in [1.165, 1.54) is 30.6 Å². The largest absolute Gasteiger partial charge is 0.405 e. The second-order valence-electron chi connectivity index (χ2n) is 5.87. The van der Waals surface area contributed by atoms with Gasteiger partial charge >= 0.3 is 6.18 Å². The molecular formula is C18H15ClF4N2. The van der Waals surface area contributed by atoms with Crippen LogP contribution in [0.3, 0.4) is 0 Å². The average Bonchev–Trinajstić information content (AvgIpc) is 2.55. The summed E-state index contributed by atoms with van der Waals surface area (Å²) in [6.45, 7) is 0.615. The summed E-state index contributed by atoms with van der Waals surface area (Å²) in [5.74, 6) is -0.451. The van der Waals surface area contributed by atoms with Crippen molar-refractivity contribution >= 4 is 23.6 Å². The number of rotatable bonds is 3. The highest BCUT2D eigenvalue weighted by Gasteiger charge is 2.45. The van der Waals surface area contributed by atoms with Crippen LogP contribution in [0.15, 0.2) is 47.5 Å². The normalized spacial score (nSPS) is 19.8. The molecule has 2 aromatic carbocycles. The van der Waals surface area contributed by atoms with E-state index < -0.39 is 24.1 Å². The highest BCUT2D eigenvalue weighted by atomic mass is 35.5. The smallest absolute Gasteiger partial charge is 0.340 e. The van der Waals surface area contributed by atoms with Gasteiger partial charge in [-0.05, 0) is 42.3 Å². The van der Waals surface area contributed by atoms with Crippen LogP contribution in [0, 0.1) is 5.82 Å². The summed E-state index contributed by atoms with van der Waals surface area (Å²) in [5, 5.41) is 0.405. The van der Waals surface area contributed by atoms with E-state index in [2.05, 4.69) is 4.99 Å². The molecule has 132 valence electrons. The quantitative estimate of drug-likeness (QED) is 0.635. The third-order valence-corrected chi connectivity index (χ3v) is 4.65. The fourth-order valence-electron chi connectivity index (χ4n) is 3.35. The lowest BCUT2D eigenvalue weighted by Crippen LogP contribution is -2.51. The first kappa shape index (κ1) is 17.7. The van der Waals surface area contributed by atoms with Gasteiger partial charge in [0.25, 0.3) is 0 Å². The van der Waals surface area contributed by atoms with Crippen LogP contribution >= 0.6 is 11.6 Å². The van der Waals surface area contributed by atoms with E-state index >= 15 is 0 Å². The van der Waals surface area contributed by atoms with Crippen molar-refractivity contribution < 1.29 is 17.6 Å². The van der Waals surface area contributed by atoms with Gasteiger partial charge in [0.05, 0.1) is 17.6 Å². The van der Waals surface area contributed by atoms with Crippen LogP contribution in [-0.2, 0) is 5.54 Å². The molecular weight excluding hydrogens is 356 g/mol. The molecule has 0 fully saturated rings. The van der Waals surface area contributed by atoms with Crippen LogP contribution in [-0.4, -0.2) is 24.0 Å². The number of hydrogen-bond donors (Lipinski definition) is 0. The fourth-order valence-corrected chi connectivity index (χ4v) is 3.52. The molecule has 1 atom stereocenters. The maximum atomic E-state index is 13.4. The Balaban J connectivity index is 2.25. The molecule has 0 amide bonds. The Kier molecular flexibility index (Phi) is 4.49. The molecule has 0 saturated heterocycles. The Morgan fingerprint density at radius 2 is 1.80 bits per heavy atom. The number of nitrogens with zero attached hydrogens (tertiary/aromatic N) is 2. The minimum Gasteiger partial charge on any atom is -0.340 e. The van der Waals surface area contributed by atoms with Crippen molar-refractivity contribution in [1.82, 2.24) is 4.90 Å². The Hall–Kier alpha value is -2.08. The van der Waals surface area contributed by atoms with Gasteiger partial charge in [-0.2, -0.15) is 13.2 Å². The number of aliphatic imine (C=N–C) groups is 1. The fraction of sp³-hybridized carbons (Fsp3) is 0.278. The van der Waals surface area contributed by atoms with Crippen molar-refractivity contribution in [3.05, 3.63) is 64.4 Å². The second-order valence-corrected chi connectivity index (χ2v) is 6.31. The van der Waals surface area contributed by atoms with E-state index in [-0.39, 0.29) is 0 Å². The van der Waals surface area contributed by atoms with Crippen LogP contribution in [0.1, 0.15) is 24.5 Å². The number of alkyl halides is 3. The van der Waals surface area contributed by atoms with Gasteiger partial charge < -0.3 is 4.90 Å². The molecule has 0 saturated carbocycles. The van der Waals surface area contributed by atoms with E-state index in [1.807, 2.05) is 0 Å². The van der Waals surface area contributed by atoms with Crippen molar-refractivity contribution in [3.8, 4) is 0 Å². The maximum absolute atomic E-state index is 13.4. The Bertz CT molecular complexity index is 802. The molecule has 1 aliphatic rings. The molecule has 25 heavy (non-hydrogen) atoms. The molecule has 0 spiro atoms. The molecule has 2 nitrogen and oxygen atoms in total. The highest BCUT2D eigenvalue weighted by molar-refractivity contribution is 6.30. The SMILES string of the molecule is CCC1(c2ccc(F)cc2)c2cc(Cl)ccc2N=CN1CC(F)(F)F. The first-order valence-electron chi connectivity index (χ1n) is 7.70. The van der Waals surface area contributed by atoms with Crippen LogP contribution in [0.4, 0.5) is 23.2 Å². The van der Waals surface area contributed by atoms with E-state index in [9.17, 15) is 17.6 Å². The number of halogens is 5. The number of hydrogen-bond acceptors (Lipinski definition) is 2. The van der Waals surface area contributed by atoms with Crippen molar-refractivity contribution in [3.63, 3.8) is 0 Å². The van der Waals surface area contributed by atoms with Gasteiger partial charge in [0, 0.05) is 10.6 Å².